The molecule has 4 aromatic rings. The first-order chi connectivity index (χ1) is 17.9. The van der Waals surface area contributed by atoms with Crippen molar-refractivity contribution >= 4 is 29.1 Å². The number of carbonyl (C=O) groups excluding carboxylic acids is 1. The van der Waals surface area contributed by atoms with Gasteiger partial charge < -0.3 is 10.6 Å². The summed E-state index contributed by atoms with van der Waals surface area (Å²) in [5.41, 5.74) is -1.06. The van der Waals surface area contributed by atoms with Gasteiger partial charge in [0.25, 0.3) is 5.91 Å². The topological polar surface area (TPSA) is 66.9 Å². The molecule has 0 saturated carbocycles. The van der Waals surface area contributed by atoms with E-state index in [2.05, 4.69) is 20.6 Å². The molecule has 2 N–H and O–H groups in total. The van der Waals surface area contributed by atoms with Crippen LogP contribution in [0.1, 0.15) is 27.0 Å². The van der Waals surface area contributed by atoms with Crippen LogP contribution in [0.2, 0.25) is 5.02 Å². The second-order valence-electron chi connectivity index (χ2n) is 8.07. The Bertz CT molecular complexity index is 1410. The lowest BCUT2D eigenvalue weighted by Crippen LogP contribution is -2.23. The fourth-order valence-corrected chi connectivity index (χ4v) is 3.57. The van der Waals surface area contributed by atoms with Crippen molar-refractivity contribution in [3.8, 4) is 11.3 Å². The molecule has 0 aliphatic rings. The highest BCUT2D eigenvalue weighted by Gasteiger charge is 2.36. The fraction of sp³-hybridized carbons (Fsp3) is 0.115. The molecule has 1 heterocycles. The molecule has 196 valence electrons. The minimum absolute atomic E-state index is 0.0336. The van der Waals surface area contributed by atoms with Gasteiger partial charge in [-0.3, -0.25) is 4.79 Å². The molecule has 1 aromatic heterocycles. The molecule has 1 amide bonds. The van der Waals surface area contributed by atoms with E-state index < -0.39 is 35.9 Å². The van der Waals surface area contributed by atoms with Crippen molar-refractivity contribution in [1.29, 1.82) is 0 Å². The summed E-state index contributed by atoms with van der Waals surface area (Å²) in [5, 5.41) is 5.93. The Morgan fingerprint density at radius 2 is 1.42 bits per heavy atom. The second-order valence-corrected chi connectivity index (χ2v) is 8.51. The summed E-state index contributed by atoms with van der Waals surface area (Å²) in [6.45, 7) is -0.531. The maximum absolute atomic E-state index is 13.0. The van der Waals surface area contributed by atoms with Crippen molar-refractivity contribution in [2.45, 2.75) is 18.9 Å². The molecule has 4 rings (SSSR count). The van der Waals surface area contributed by atoms with E-state index in [1.807, 2.05) is 12.1 Å². The molecule has 12 heteroatoms. The summed E-state index contributed by atoms with van der Waals surface area (Å²) < 4.78 is 78.3. The summed E-state index contributed by atoms with van der Waals surface area (Å²) in [7, 11) is 0. The lowest BCUT2D eigenvalue weighted by Gasteiger charge is -2.14. The smallest absolute Gasteiger partial charge is 0.348 e. The third kappa shape index (κ3) is 6.80. The van der Waals surface area contributed by atoms with Gasteiger partial charge in [0.1, 0.15) is 0 Å². The van der Waals surface area contributed by atoms with Gasteiger partial charge in [-0.1, -0.05) is 23.7 Å². The number of hydrogen-bond acceptors (Lipinski definition) is 4. The number of carbonyl (C=O) groups is 1. The van der Waals surface area contributed by atoms with E-state index in [0.717, 1.165) is 5.56 Å². The lowest BCUT2D eigenvalue weighted by molar-refractivity contribution is -0.143. The van der Waals surface area contributed by atoms with E-state index in [1.165, 1.54) is 12.1 Å². The third-order valence-electron chi connectivity index (χ3n) is 5.30. The fourth-order valence-electron chi connectivity index (χ4n) is 3.44. The highest BCUT2D eigenvalue weighted by atomic mass is 35.5. The monoisotopic (exact) mass is 550 g/mol. The highest BCUT2D eigenvalue weighted by molar-refractivity contribution is 6.30. The van der Waals surface area contributed by atoms with Gasteiger partial charge in [0.15, 0.2) is 0 Å². The summed E-state index contributed by atoms with van der Waals surface area (Å²) in [5.74, 6) is -0.386. The molecule has 0 unspecified atom stereocenters. The maximum Gasteiger partial charge on any atom is 0.416 e. The molecule has 0 atom stereocenters. The number of nitrogens with zero attached hydrogens (tertiary/aromatic N) is 2. The number of anilines is 2. The first kappa shape index (κ1) is 26.9. The van der Waals surface area contributed by atoms with Crippen LogP contribution in [0.25, 0.3) is 11.3 Å². The molecule has 0 fully saturated rings. The first-order valence-electron chi connectivity index (χ1n) is 10.9. The molecule has 0 spiro atoms. The molecule has 3 aromatic carbocycles. The van der Waals surface area contributed by atoms with Gasteiger partial charge in [-0.15, -0.1) is 0 Å². The normalized spacial score (nSPS) is 11.8. The molecule has 0 saturated heterocycles. The minimum Gasteiger partial charge on any atom is -0.348 e. The summed E-state index contributed by atoms with van der Waals surface area (Å²) >= 11 is 5.91. The van der Waals surface area contributed by atoms with Crippen LogP contribution in [0.4, 0.5) is 38.0 Å². The number of aromatic nitrogens is 2. The van der Waals surface area contributed by atoms with Crippen LogP contribution >= 0.6 is 11.6 Å². The van der Waals surface area contributed by atoms with Crippen molar-refractivity contribution in [2.24, 2.45) is 0 Å². The van der Waals surface area contributed by atoms with Crippen molar-refractivity contribution < 1.29 is 31.1 Å². The maximum atomic E-state index is 13.0. The SMILES string of the molecule is O=C(NCc1cc(C(F)(F)F)cc(C(F)(F)F)c1)c1ccc(Nc2nccc(-c3ccc(Cl)cc3)n2)cc1. The van der Waals surface area contributed by atoms with E-state index in [1.54, 1.807) is 36.5 Å². The number of nitrogens with one attached hydrogen (secondary N) is 2. The minimum atomic E-state index is -4.97. The number of amides is 1. The molecular formula is C26H17ClF6N4O. The average molecular weight is 551 g/mol. The number of alkyl halides is 6. The Balaban J connectivity index is 1.43. The summed E-state index contributed by atoms with van der Waals surface area (Å²) in [6.07, 6.45) is -8.37. The quantitative estimate of drug-likeness (QED) is 0.244. The van der Waals surface area contributed by atoms with Gasteiger partial charge in [0, 0.05) is 34.6 Å². The predicted octanol–water partition coefficient (Wildman–Crippen LogP) is 7.51. The van der Waals surface area contributed by atoms with Gasteiger partial charge in [-0.2, -0.15) is 26.3 Å². The number of halogens is 7. The highest BCUT2D eigenvalue weighted by Crippen LogP contribution is 2.36. The van der Waals surface area contributed by atoms with E-state index in [0.29, 0.717) is 34.5 Å². The number of rotatable bonds is 6. The molecule has 38 heavy (non-hydrogen) atoms. The zero-order chi connectivity index (χ0) is 27.5. The Labute approximate surface area is 217 Å². The van der Waals surface area contributed by atoms with Crippen LogP contribution in [0, 0.1) is 0 Å². The van der Waals surface area contributed by atoms with E-state index in [-0.39, 0.29) is 17.2 Å². The molecule has 5 nitrogen and oxygen atoms in total. The Morgan fingerprint density at radius 1 is 0.816 bits per heavy atom. The summed E-state index contributed by atoms with van der Waals surface area (Å²) in [4.78, 5) is 21.1. The van der Waals surface area contributed by atoms with Crippen LogP contribution in [-0.2, 0) is 18.9 Å². The lowest BCUT2D eigenvalue weighted by atomic mass is 10.0. The molecule has 0 radical (unpaired) electrons. The largest absolute Gasteiger partial charge is 0.416 e. The van der Waals surface area contributed by atoms with Crippen LogP contribution in [0.5, 0.6) is 0 Å². The van der Waals surface area contributed by atoms with Gasteiger partial charge >= 0.3 is 12.4 Å². The molecule has 0 aliphatic heterocycles. The molecule has 0 bridgehead atoms. The Morgan fingerprint density at radius 3 is 2.00 bits per heavy atom. The van der Waals surface area contributed by atoms with Gasteiger partial charge in [0.05, 0.1) is 16.8 Å². The molecular weight excluding hydrogens is 534 g/mol. The second kappa shape index (κ2) is 10.7. The number of hydrogen-bond donors (Lipinski definition) is 2. The van der Waals surface area contributed by atoms with Crippen LogP contribution in [0.3, 0.4) is 0 Å². The Kier molecular flexibility index (Phi) is 7.58. The van der Waals surface area contributed by atoms with Crippen LogP contribution < -0.4 is 10.6 Å². The average Bonchev–Trinajstić information content (AvgIpc) is 2.87. The van der Waals surface area contributed by atoms with Crippen molar-refractivity contribution in [3.05, 3.63) is 106 Å². The van der Waals surface area contributed by atoms with Gasteiger partial charge in [0.2, 0.25) is 5.95 Å². The zero-order valence-corrected chi connectivity index (χ0v) is 19.9. The third-order valence-corrected chi connectivity index (χ3v) is 5.55. The van der Waals surface area contributed by atoms with Crippen molar-refractivity contribution in [3.63, 3.8) is 0 Å². The van der Waals surface area contributed by atoms with Crippen molar-refractivity contribution in [2.75, 3.05) is 5.32 Å². The van der Waals surface area contributed by atoms with Crippen molar-refractivity contribution in [1.82, 2.24) is 15.3 Å². The van der Waals surface area contributed by atoms with E-state index >= 15 is 0 Å². The predicted molar refractivity (Wildman–Crippen MR) is 130 cm³/mol. The van der Waals surface area contributed by atoms with E-state index in [9.17, 15) is 31.1 Å². The summed E-state index contributed by atoms with van der Waals surface area (Å²) in [6, 6.07) is 16.0. The van der Waals surface area contributed by atoms with Crippen LogP contribution in [-0.4, -0.2) is 15.9 Å². The first-order valence-corrected chi connectivity index (χ1v) is 11.3. The standard InChI is InChI=1S/C26H17ClF6N4O/c27-20-5-1-16(2-6-20)22-9-10-34-24(37-22)36-21-7-3-17(4-8-21)23(38)35-14-15-11-18(25(28,29)30)13-19(12-15)26(31,32)33/h1-13H,14H2,(H,35,38)(H,34,36,37). The number of benzene rings is 3. The van der Waals surface area contributed by atoms with Crippen LogP contribution in [0.15, 0.2) is 79.0 Å². The molecule has 0 aliphatic carbocycles. The van der Waals surface area contributed by atoms with Gasteiger partial charge in [-0.25, -0.2) is 9.97 Å². The van der Waals surface area contributed by atoms with E-state index in [4.69, 9.17) is 11.6 Å². The van der Waals surface area contributed by atoms with Gasteiger partial charge in [-0.05, 0) is 66.2 Å². The Hall–Kier alpha value is -4.12. The zero-order valence-electron chi connectivity index (χ0n) is 19.2.